The highest BCUT2D eigenvalue weighted by molar-refractivity contribution is 7.92. The van der Waals surface area contributed by atoms with Gasteiger partial charge in [0.1, 0.15) is 10.4 Å². The number of rotatable bonds is 6. The van der Waals surface area contributed by atoms with Gasteiger partial charge in [-0.1, -0.05) is 20.8 Å². The normalized spacial score (nSPS) is 21.2. The second kappa shape index (κ2) is 8.07. The summed E-state index contributed by atoms with van der Waals surface area (Å²) in [5.74, 6) is 1.21. The third-order valence-electron chi connectivity index (χ3n) is 6.31. The van der Waals surface area contributed by atoms with E-state index in [1.165, 1.54) is 0 Å². The predicted octanol–water partition coefficient (Wildman–Crippen LogP) is 3.36. The van der Waals surface area contributed by atoms with Crippen molar-refractivity contribution in [3.8, 4) is 11.5 Å². The summed E-state index contributed by atoms with van der Waals surface area (Å²) < 4.78 is 32.6. The van der Waals surface area contributed by atoms with Gasteiger partial charge in [-0.05, 0) is 51.5 Å². The molecule has 1 aliphatic rings. The molecular weight excluding hydrogens is 402 g/mol. The molecule has 0 unspecified atom stereocenters. The summed E-state index contributed by atoms with van der Waals surface area (Å²) in [5, 5.41) is 13.0. The van der Waals surface area contributed by atoms with Gasteiger partial charge in [0, 0.05) is 19.6 Å². The lowest BCUT2D eigenvalue weighted by Crippen LogP contribution is -2.36. The lowest BCUT2D eigenvalue weighted by atomic mass is 9.89. The summed E-state index contributed by atoms with van der Waals surface area (Å²) in [6, 6.07) is 1.97. The molecule has 9 heteroatoms. The number of aromatic nitrogens is 5. The quantitative estimate of drug-likeness (QED) is 0.743. The Bertz CT molecular complexity index is 977. The first-order chi connectivity index (χ1) is 13.8. The fourth-order valence-electron chi connectivity index (χ4n) is 3.90. The van der Waals surface area contributed by atoms with Crippen LogP contribution in [-0.4, -0.2) is 52.3 Å². The van der Waals surface area contributed by atoms with Crippen molar-refractivity contribution >= 4 is 9.84 Å². The summed E-state index contributed by atoms with van der Waals surface area (Å²) in [7, 11) is 0.143. The van der Waals surface area contributed by atoms with E-state index in [9.17, 15) is 8.42 Å². The van der Waals surface area contributed by atoms with Crippen LogP contribution in [0, 0.1) is 5.92 Å². The maximum atomic E-state index is 13.3. The molecule has 8 nitrogen and oxygen atoms in total. The Kier molecular flexibility index (Phi) is 6.17. The average Bonchev–Trinajstić information content (AvgIpc) is 3.28. The third-order valence-corrected chi connectivity index (χ3v) is 8.97. The maximum absolute atomic E-state index is 13.3. The van der Waals surface area contributed by atoms with E-state index < -0.39 is 14.6 Å². The van der Waals surface area contributed by atoms with Gasteiger partial charge in [0.25, 0.3) is 0 Å². The van der Waals surface area contributed by atoms with Crippen LogP contribution < -0.4 is 0 Å². The van der Waals surface area contributed by atoms with E-state index in [0.29, 0.717) is 11.6 Å². The number of sulfone groups is 1. The Balaban J connectivity index is 1.80. The van der Waals surface area contributed by atoms with Crippen LogP contribution in [-0.2, 0) is 31.8 Å². The minimum absolute atomic E-state index is 0.0940. The van der Waals surface area contributed by atoms with Crippen LogP contribution in [0.1, 0.15) is 71.8 Å². The van der Waals surface area contributed by atoms with E-state index in [1.54, 1.807) is 25.6 Å². The third kappa shape index (κ3) is 4.46. The first-order valence-electron chi connectivity index (χ1n) is 10.6. The molecule has 1 saturated carbocycles. The fraction of sp³-hybridized carbons (Fsp3) is 0.762. The number of aryl methyl sites for hydroxylation is 1. The van der Waals surface area contributed by atoms with Crippen molar-refractivity contribution in [3.05, 3.63) is 17.6 Å². The molecule has 0 spiro atoms. The molecule has 1 aliphatic carbocycles. The minimum atomic E-state index is -3.43. The van der Waals surface area contributed by atoms with Crippen molar-refractivity contribution in [1.82, 2.24) is 25.0 Å². The number of hydrogen-bond donors (Lipinski definition) is 1. The Morgan fingerprint density at radius 2 is 1.77 bits per heavy atom. The topological polar surface area (TPSA) is 103 Å². The number of aromatic amines is 1. The van der Waals surface area contributed by atoms with Gasteiger partial charge in [0.15, 0.2) is 21.5 Å². The minimum Gasteiger partial charge on any atom is -0.381 e. The average molecular weight is 438 g/mol. The summed E-state index contributed by atoms with van der Waals surface area (Å²) >= 11 is 0. The second-order valence-corrected chi connectivity index (χ2v) is 12.6. The van der Waals surface area contributed by atoms with Crippen LogP contribution in [0.3, 0.4) is 0 Å². The number of H-pyrrole nitrogens is 1. The highest BCUT2D eigenvalue weighted by Crippen LogP contribution is 2.34. The molecule has 0 amide bonds. The molecule has 0 bridgehead atoms. The second-order valence-electron chi connectivity index (χ2n) is 9.98. The molecule has 3 rings (SSSR count). The van der Waals surface area contributed by atoms with Crippen LogP contribution in [0.4, 0.5) is 0 Å². The van der Waals surface area contributed by atoms with E-state index >= 15 is 0 Å². The fourth-order valence-corrected chi connectivity index (χ4v) is 5.66. The molecular formula is C21H35N5O3S. The predicted molar refractivity (Wildman–Crippen MR) is 117 cm³/mol. The van der Waals surface area contributed by atoms with Gasteiger partial charge in [-0.2, -0.15) is 5.10 Å². The zero-order valence-electron chi connectivity index (χ0n) is 19.2. The summed E-state index contributed by atoms with van der Waals surface area (Å²) in [5.41, 5.74) is 1.63. The first kappa shape index (κ1) is 22.9. The van der Waals surface area contributed by atoms with Gasteiger partial charge in [-0.3, -0.25) is 4.68 Å². The van der Waals surface area contributed by atoms with Gasteiger partial charge < -0.3 is 9.72 Å². The molecule has 1 N–H and O–H groups in total. The molecule has 2 aromatic rings. The van der Waals surface area contributed by atoms with Crippen LogP contribution in [0.25, 0.3) is 11.5 Å². The van der Waals surface area contributed by atoms with Gasteiger partial charge in [-0.15, -0.1) is 10.2 Å². The van der Waals surface area contributed by atoms with E-state index in [-0.39, 0.29) is 23.2 Å². The molecule has 0 saturated heterocycles. The van der Waals surface area contributed by atoms with Crippen LogP contribution in [0.5, 0.6) is 0 Å². The molecule has 2 aromatic heterocycles. The van der Waals surface area contributed by atoms with Crippen molar-refractivity contribution in [1.29, 1.82) is 0 Å². The maximum Gasteiger partial charge on any atom is 0.179 e. The molecule has 0 radical (unpaired) electrons. The van der Waals surface area contributed by atoms with Crippen molar-refractivity contribution in [2.24, 2.45) is 13.0 Å². The van der Waals surface area contributed by atoms with Crippen LogP contribution >= 0.6 is 0 Å². The van der Waals surface area contributed by atoms with Crippen LogP contribution in [0.15, 0.2) is 6.07 Å². The molecule has 2 heterocycles. The molecule has 168 valence electrons. The van der Waals surface area contributed by atoms with Gasteiger partial charge in [0.2, 0.25) is 0 Å². The SMILES string of the molecule is CO[C@H]1CC[C@H](CS(=O)(=O)C(C)(C)c2nnc(-c3cc(C(C)(C)C)nn3C)[nH]2)CC1. The first-order valence-corrected chi connectivity index (χ1v) is 12.2. The molecule has 0 atom stereocenters. The smallest absolute Gasteiger partial charge is 0.179 e. The van der Waals surface area contributed by atoms with E-state index in [2.05, 4.69) is 41.1 Å². The highest BCUT2D eigenvalue weighted by atomic mass is 32.2. The summed E-state index contributed by atoms with van der Waals surface area (Å²) in [6.45, 7) is 9.70. The molecule has 0 aliphatic heterocycles. The number of nitrogens with one attached hydrogen (secondary N) is 1. The zero-order valence-corrected chi connectivity index (χ0v) is 20.0. The monoisotopic (exact) mass is 437 g/mol. The standard InChI is InChI=1S/C21H35N5O3S/c1-20(2,3)17-12-16(26(6)25-17)18-22-19(24-23-18)21(4,5)30(27,28)13-14-8-10-15(29-7)11-9-14/h12,14-15H,8-11,13H2,1-7H3,(H,22,23,24)/t14-,15-. The van der Waals surface area contributed by atoms with E-state index in [1.807, 2.05) is 13.1 Å². The number of methoxy groups -OCH3 is 1. The van der Waals surface area contributed by atoms with Gasteiger partial charge >= 0.3 is 0 Å². The Morgan fingerprint density at radius 3 is 2.30 bits per heavy atom. The van der Waals surface area contributed by atoms with Crippen molar-refractivity contribution in [3.63, 3.8) is 0 Å². The Labute approximate surface area is 179 Å². The van der Waals surface area contributed by atoms with Gasteiger partial charge in [-0.25, -0.2) is 8.42 Å². The largest absolute Gasteiger partial charge is 0.381 e. The summed E-state index contributed by atoms with van der Waals surface area (Å²) in [4.78, 5) is 3.15. The van der Waals surface area contributed by atoms with Gasteiger partial charge in [0.05, 0.1) is 17.6 Å². The number of nitrogens with zero attached hydrogens (tertiary/aromatic N) is 4. The number of hydrogen-bond acceptors (Lipinski definition) is 6. The van der Waals surface area contributed by atoms with E-state index in [4.69, 9.17) is 4.74 Å². The highest BCUT2D eigenvalue weighted by Gasteiger charge is 2.41. The summed E-state index contributed by atoms with van der Waals surface area (Å²) in [6.07, 6.45) is 3.84. The number of ether oxygens (including phenoxy) is 1. The Hall–Kier alpha value is -1.74. The lowest BCUT2D eigenvalue weighted by molar-refractivity contribution is 0.0596. The van der Waals surface area contributed by atoms with Crippen molar-refractivity contribution < 1.29 is 13.2 Å². The van der Waals surface area contributed by atoms with Crippen molar-refractivity contribution in [2.45, 2.75) is 76.6 Å². The Morgan fingerprint density at radius 1 is 1.13 bits per heavy atom. The zero-order chi connectivity index (χ0) is 22.3. The lowest BCUT2D eigenvalue weighted by Gasteiger charge is -2.30. The molecule has 1 fully saturated rings. The van der Waals surface area contributed by atoms with E-state index in [0.717, 1.165) is 37.1 Å². The molecule has 30 heavy (non-hydrogen) atoms. The molecule has 0 aromatic carbocycles. The van der Waals surface area contributed by atoms with Crippen molar-refractivity contribution in [2.75, 3.05) is 12.9 Å². The van der Waals surface area contributed by atoms with Crippen LogP contribution in [0.2, 0.25) is 0 Å².